The summed E-state index contributed by atoms with van der Waals surface area (Å²) in [6.45, 7) is 2.80. The largest absolute Gasteiger partial charge is 0.346 e. The predicted molar refractivity (Wildman–Crippen MR) is 116 cm³/mol. The van der Waals surface area contributed by atoms with Crippen molar-refractivity contribution in [3.05, 3.63) is 53.8 Å². The summed E-state index contributed by atoms with van der Waals surface area (Å²) >= 11 is 0. The average Bonchev–Trinajstić information content (AvgIpc) is 2.93. The molecule has 2 saturated heterocycles. The smallest absolute Gasteiger partial charge is 0.256 e. The van der Waals surface area contributed by atoms with E-state index in [2.05, 4.69) is 10.6 Å². The Morgan fingerprint density at radius 1 is 1.03 bits per heavy atom. The lowest BCUT2D eigenvalue weighted by Gasteiger charge is -2.40. The zero-order valence-corrected chi connectivity index (χ0v) is 17.7. The van der Waals surface area contributed by atoms with Crippen LogP contribution >= 0.6 is 0 Å². The number of halogens is 1. The first-order chi connectivity index (χ1) is 15.5. The molecule has 0 bridgehead atoms. The number of fused-ring (bicyclic) bond motifs is 2. The first-order valence-corrected chi connectivity index (χ1v) is 11.1. The Balaban J connectivity index is 1.41. The molecule has 32 heavy (non-hydrogen) atoms. The van der Waals surface area contributed by atoms with E-state index in [9.17, 15) is 18.8 Å². The minimum Gasteiger partial charge on any atom is -0.346 e. The van der Waals surface area contributed by atoms with Crippen molar-refractivity contribution in [2.24, 2.45) is 5.92 Å². The molecule has 0 spiro atoms. The van der Waals surface area contributed by atoms with Gasteiger partial charge in [0.25, 0.3) is 5.91 Å². The summed E-state index contributed by atoms with van der Waals surface area (Å²) in [6, 6.07) is 10.6. The van der Waals surface area contributed by atoms with Gasteiger partial charge in [0.05, 0.1) is 30.9 Å². The van der Waals surface area contributed by atoms with Crippen molar-refractivity contribution in [1.29, 1.82) is 0 Å². The van der Waals surface area contributed by atoms with Gasteiger partial charge in [-0.1, -0.05) is 24.3 Å². The monoisotopic (exact) mass is 437 g/mol. The number of nitrogens with one attached hydrogen (secondary N) is 1. The molecule has 7 nitrogen and oxygen atoms in total. The van der Waals surface area contributed by atoms with E-state index in [1.165, 1.54) is 6.07 Å². The standard InChI is InChI=1S/C24H25FN4O3/c25-19-4-2-1-3-17(19)16-5-6-20-18(13-16)24(32)29-12-11-28(14-21(29)22(30)27-20)23(31)15-7-9-26-10-8-15/h1-6,13,15,21,26H,7-12,14H2,(H,27,30)/p+1/t21-/m1/s1. The number of hydrogen-bond acceptors (Lipinski definition) is 3. The average molecular weight is 437 g/mol. The second kappa shape index (κ2) is 8.35. The van der Waals surface area contributed by atoms with Gasteiger partial charge in [-0.3, -0.25) is 14.4 Å². The second-order valence-electron chi connectivity index (χ2n) is 8.67. The lowest BCUT2D eigenvalue weighted by molar-refractivity contribution is -0.664. The van der Waals surface area contributed by atoms with E-state index < -0.39 is 6.04 Å². The maximum atomic E-state index is 14.3. The summed E-state index contributed by atoms with van der Waals surface area (Å²) in [5, 5.41) is 5.06. The number of rotatable bonds is 2. The Labute approximate surface area is 185 Å². The number of benzene rings is 2. The fourth-order valence-electron chi connectivity index (χ4n) is 4.95. The zero-order chi connectivity index (χ0) is 22.2. The van der Waals surface area contributed by atoms with Gasteiger partial charge in [0, 0.05) is 37.4 Å². The van der Waals surface area contributed by atoms with Gasteiger partial charge < -0.3 is 20.4 Å². The SMILES string of the molecule is O=C1Nc2ccc(-c3ccccc3F)cc2C(=O)N2CCN(C(=O)C3CC[NH2+]CC3)C[C@H]12. The normalized spacial score (nSPS) is 21.5. The highest BCUT2D eigenvalue weighted by Crippen LogP contribution is 2.31. The number of hydrogen-bond donors (Lipinski definition) is 2. The van der Waals surface area contributed by atoms with Gasteiger partial charge in [-0.25, -0.2) is 4.39 Å². The molecule has 5 rings (SSSR count). The van der Waals surface area contributed by atoms with E-state index in [0.29, 0.717) is 35.5 Å². The Kier molecular flexibility index (Phi) is 5.38. The molecule has 0 radical (unpaired) electrons. The van der Waals surface area contributed by atoms with Gasteiger partial charge in [0.2, 0.25) is 11.8 Å². The lowest BCUT2D eigenvalue weighted by Crippen LogP contribution is -2.86. The topological polar surface area (TPSA) is 86.3 Å². The van der Waals surface area contributed by atoms with Gasteiger partial charge >= 0.3 is 0 Å². The fraction of sp³-hybridized carbons (Fsp3) is 0.375. The maximum absolute atomic E-state index is 14.3. The molecule has 0 saturated carbocycles. The van der Waals surface area contributed by atoms with Crippen LogP contribution in [0.5, 0.6) is 0 Å². The molecular weight excluding hydrogens is 411 g/mol. The highest BCUT2D eigenvalue weighted by atomic mass is 19.1. The molecule has 0 aromatic heterocycles. The summed E-state index contributed by atoms with van der Waals surface area (Å²) in [7, 11) is 0. The first kappa shape index (κ1) is 20.6. The zero-order valence-electron chi connectivity index (χ0n) is 17.7. The molecule has 3 aliphatic rings. The predicted octanol–water partition coefficient (Wildman–Crippen LogP) is 1.07. The molecule has 8 heteroatoms. The summed E-state index contributed by atoms with van der Waals surface area (Å²) in [4.78, 5) is 42.7. The molecule has 2 fully saturated rings. The molecular formula is C24H26FN4O3+. The number of carbonyl (C=O) groups excluding carboxylic acids is 3. The van der Waals surface area contributed by atoms with E-state index >= 15 is 0 Å². The first-order valence-electron chi connectivity index (χ1n) is 11.1. The van der Waals surface area contributed by atoms with Crippen LogP contribution in [0.15, 0.2) is 42.5 Å². The van der Waals surface area contributed by atoms with Crippen LogP contribution in [-0.4, -0.2) is 66.3 Å². The lowest BCUT2D eigenvalue weighted by atomic mass is 9.95. The summed E-state index contributed by atoms with van der Waals surface area (Å²) in [6.07, 6.45) is 1.69. The van der Waals surface area contributed by atoms with Crippen LogP contribution in [0.25, 0.3) is 11.1 Å². The van der Waals surface area contributed by atoms with Crippen molar-refractivity contribution in [1.82, 2.24) is 9.80 Å². The highest BCUT2D eigenvalue weighted by molar-refractivity contribution is 6.10. The Morgan fingerprint density at radius 2 is 1.81 bits per heavy atom. The Morgan fingerprint density at radius 3 is 2.59 bits per heavy atom. The van der Waals surface area contributed by atoms with Gasteiger partial charge in [-0.2, -0.15) is 0 Å². The van der Waals surface area contributed by atoms with Crippen LogP contribution < -0.4 is 10.6 Å². The Hall–Kier alpha value is -3.26. The van der Waals surface area contributed by atoms with Crippen LogP contribution in [0.1, 0.15) is 23.2 Å². The third-order valence-electron chi connectivity index (χ3n) is 6.74. The third-order valence-corrected chi connectivity index (χ3v) is 6.74. The van der Waals surface area contributed by atoms with Gasteiger partial charge in [-0.05, 0) is 23.8 Å². The summed E-state index contributed by atoms with van der Waals surface area (Å²) in [5.74, 6) is -0.868. The van der Waals surface area contributed by atoms with Crippen LogP contribution in [-0.2, 0) is 9.59 Å². The van der Waals surface area contributed by atoms with Crippen LogP contribution in [0.2, 0.25) is 0 Å². The van der Waals surface area contributed by atoms with E-state index in [4.69, 9.17) is 0 Å². The van der Waals surface area contributed by atoms with Crippen molar-refractivity contribution in [2.75, 3.05) is 38.0 Å². The molecule has 2 aromatic carbocycles. The number of carbonyl (C=O) groups is 3. The third kappa shape index (κ3) is 3.64. The summed E-state index contributed by atoms with van der Waals surface area (Å²) < 4.78 is 14.3. The van der Waals surface area contributed by atoms with Crippen molar-refractivity contribution in [3.8, 4) is 11.1 Å². The van der Waals surface area contributed by atoms with Crippen molar-refractivity contribution < 1.29 is 24.1 Å². The number of piperidine rings is 1. The molecule has 3 heterocycles. The number of piperazine rings is 1. The second-order valence-corrected chi connectivity index (χ2v) is 8.67. The van der Waals surface area contributed by atoms with Crippen molar-refractivity contribution in [3.63, 3.8) is 0 Å². The molecule has 166 valence electrons. The van der Waals surface area contributed by atoms with E-state index in [0.717, 1.165) is 25.9 Å². The fourth-order valence-corrected chi connectivity index (χ4v) is 4.95. The number of nitrogens with zero attached hydrogens (tertiary/aromatic N) is 2. The molecule has 3 amide bonds. The van der Waals surface area contributed by atoms with Gasteiger partial charge in [0.15, 0.2) is 0 Å². The van der Waals surface area contributed by atoms with Crippen molar-refractivity contribution in [2.45, 2.75) is 18.9 Å². The van der Waals surface area contributed by atoms with E-state index in [-0.39, 0.29) is 36.0 Å². The summed E-state index contributed by atoms with van der Waals surface area (Å²) in [5.41, 5.74) is 1.72. The van der Waals surface area contributed by atoms with E-state index in [1.807, 2.05) is 0 Å². The van der Waals surface area contributed by atoms with Gasteiger partial charge in [0.1, 0.15) is 11.9 Å². The number of anilines is 1. The van der Waals surface area contributed by atoms with Crippen molar-refractivity contribution >= 4 is 23.4 Å². The maximum Gasteiger partial charge on any atom is 0.256 e. The molecule has 0 unspecified atom stereocenters. The van der Waals surface area contributed by atoms with Gasteiger partial charge in [-0.15, -0.1) is 0 Å². The molecule has 0 aliphatic carbocycles. The molecule has 2 aromatic rings. The number of amides is 3. The number of nitrogens with two attached hydrogens (primary N) is 1. The quantitative estimate of drug-likeness (QED) is 0.737. The minimum atomic E-state index is -0.736. The van der Waals surface area contributed by atoms with E-state index in [1.54, 1.807) is 46.2 Å². The van der Waals surface area contributed by atoms with Crippen LogP contribution in [0, 0.1) is 11.7 Å². The minimum absolute atomic E-state index is 0.00313. The molecule has 3 N–H and O–H groups in total. The van der Waals surface area contributed by atoms with Crippen LogP contribution in [0.3, 0.4) is 0 Å². The van der Waals surface area contributed by atoms with Crippen LogP contribution in [0.4, 0.5) is 10.1 Å². The highest BCUT2D eigenvalue weighted by Gasteiger charge is 2.41. The molecule has 3 aliphatic heterocycles. The Bertz CT molecular complexity index is 1080. The number of quaternary nitrogens is 1. The molecule has 1 atom stereocenters.